The van der Waals surface area contributed by atoms with Gasteiger partial charge in [-0.25, -0.2) is 14.2 Å². The number of pyridine rings is 1. The SMILES string of the molecule is O=C(Nc1ccc(F)c(Cl)c1)N1CCc2cccnc21. The lowest BCUT2D eigenvalue weighted by molar-refractivity contribution is 0.257. The van der Waals surface area contributed by atoms with Crippen LogP contribution in [0.4, 0.5) is 20.7 Å². The van der Waals surface area contributed by atoms with Gasteiger partial charge in [-0.15, -0.1) is 0 Å². The number of carbonyl (C=O) groups excluding carboxylic acids is 1. The van der Waals surface area contributed by atoms with Crippen LogP contribution in [0.5, 0.6) is 0 Å². The van der Waals surface area contributed by atoms with E-state index in [4.69, 9.17) is 11.6 Å². The van der Waals surface area contributed by atoms with Crippen molar-refractivity contribution in [3.8, 4) is 0 Å². The Morgan fingerprint density at radius 3 is 3.05 bits per heavy atom. The third kappa shape index (κ3) is 2.32. The number of aromatic nitrogens is 1. The molecule has 102 valence electrons. The van der Waals surface area contributed by atoms with E-state index >= 15 is 0 Å². The number of hydrogen-bond donors (Lipinski definition) is 1. The van der Waals surface area contributed by atoms with Gasteiger partial charge in [0.1, 0.15) is 11.6 Å². The fourth-order valence-corrected chi connectivity index (χ4v) is 2.35. The number of urea groups is 1. The summed E-state index contributed by atoms with van der Waals surface area (Å²) >= 11 is 5.69. The molecule has 6 heteroatoms. The van der Waals surface area contributed by atoms with Crippen molar-refractivity contribution >= 4 is 29.1 Å². The molecule has 0 spiro atoms. The van der Waals surface area contributed by atoms with E-state index in [2.05, 4.69) is 10.3 Å². The normalized spacial score (nSPS) is 13.2. The second kappa shape index (κ2) is 5.09. The maximum atomic E-state index is 13.1. The van der Waals surface area contributed by atoms with Gasteiger partial charge in [0.2, 0.25) is 0 Å². The van der Waals surface area contributed by atoms with E-state index in [1.165, 1.54) is 18.2 Å². The van der Waals surface area contributed by atoms with E-state index < -0.39 is 5.82 Å². The lowest BCUT2D eigenvalue weighted by Crippen LogP contribution is -2.33. The maximum absolute atomic E-state index is 13.1. The van der Waals surface area contributed by atoms with Crippen LogP contribution in [0.15, 0.2) is 36.5 Å². The van der Waals surface area contributed by atoms with Crippen LogP contribution in [0.25, 0.3) is 0 Å². The first-order valence-corrected chi connectivity index (χ1v) is 6.50. The molecular formula is C14H11ClFN3O. The molecule has 2 amide bonds. The van der Waals surface area contributed by atoms with Gasteiger partial charge in [0.05, 0.1) is 5.02 Å². The minimum absolute atomic E-state index is 0.0252. The third-order valence-corrected chi connectivity index (χ3v) is 3.43. The maximum Gasteiger partial charge on any atom is 0.327 e. The molecule has 0 aliphatic carbocycles. The quantitative estimate of drug-likeness (QED) is 0.874. The number of halogens is 2. The highest BCUT2D eigenvalue weighted by molar-refractivity contribution is 6.31. The van der Waals surface area contributed by atoms with E-state index in [1.54, 1.807) is 11.1 Å². The summed E-state index contributed by atoms with van der Waals surface area (Å²) < 4.78 is 13.1. The summed E-state index contributed by atoms with van der Waals surface area (Å²) in [6.45, 7) is 0.576. The highest BCUT2D eigenvalue weighted by atomic mass is 35.5. The van der Waals surface area contributed by atoms with E-state index in [0.717, 1.165) is 12.0 Å². The Balaban J connectivity index is 1.79. The van der Waals surface area contributed by atoms with Crippen molar-refractivity contribution in [2.45, 2.75) is 6.42 Å². The zero-order chi connectivity index (χ0) is 14.1. The van der Waals surface area contributed by atoms with Gasteiger partial charge >= 0.3 is 6.03 Å². The molecule has 0 radical (unpaired) electrons. The molecule has 1 aliphatic heterocycles. The molecule has 1 aliphatic rings. The minimum atomic E-state index is -0.516. The van der Waals surface area contributed by atoms with Gasteiger partial charge in [0.25, 0.3) is 0 Å². The van der Waals surface area contributed by atoms with E-state index in [0.29, 0.717) is 18.1 Å². The van der Waals surface area contributed by atoms with Crippen LogP contribution in [-0.2, 0) is 6.42 Å². The molecule has 4 nitrogen and oxygen atoms in total. The van der Waals surface area contributed by atoms with Crippen molar-refractivity contribution in [3.63, 3.8) is 0 Å². The minimum Gasteiger partial charge on any atom is -0.307 e. The Labute approximate surface area is 120 Å². The summed E-state index contributed by atoms with van der Waals surface area (Å²) in [5, 5.41) is 2.66. The van der Waals surface area contributed by atoms with Gasteiger partial charge in [-0.1, -0.05) is 17.7 Å². The number of fused-ring (bicyclic) bond motifs is 1. The van der Waals surface area contributed by atoms with Crippen LogP contribution >= 0.6 is 11.6 Å². The molecule has 0 bridgehead atoms. The number of benzene rings is 1. The molecule has 3 rings (SSSR count). The highest BCUT2D eigenvalue weighted by Gasteiger charge is 2.25. The molecule has 0 saturated heterocycles. The van der Waals surface area contributed by atoms with Crippen LogP contribution in [-0.4, -0.2) is 17.6 Å². The summed E-state index contributed by atoms with van der Waals surface area (Å²) in [6, 6.07) is 7.56. The van der Waals surface area contributed by atoms with Gasteiger partial charge in [0.15, 0.2) is 0 Å². The molecule has 1 N–H and O–H groups in total. The average molecular weight is 292 g/mol. The molecular weight excluding hydrogens is 281 g/mol. The Bertz CT molecular complexity index is 677. The number of nitrogens with one attached hydrogen (secondary N) is 1. The van der Waals surface area contributed by atoms with Gasteiger partial charge in [0, 0.05) is 18.4 Å². The number of rotatable bonds is 1. The third-order valence-electron chi connectivity index (χ3n) is 3.14. The van der Waals surface area contributed by atoms with Gasteiger partial charge in [-0.05, 0) is 36.2 Å². The molecule has 0 saturated carbocycles. The van der Waals surface area contributed by atoms with E-state index in [1.807, 2.05) is 12.1 Å². The van der Waals surface area contributed by atoms with E-state index in [9.17, 15) is 9.18 Å². The van der Waals surface area contributed by atoms with Gasteiger partial charge in [-0.3, -0.25) is 4.90 Å². The zero-order valence-corrected chi connectivity index (χ0v) is 11.2. The Morgan fingerprint density at radius 1 is 1.40 bits per heavy atom. The van der Waals surface area contributed by atoms with Crippen molar-refractivity contribution in [1.82, 2.24) is 4.98 Å². The number of amides is 2. The van der Waals surface area contributed by atoms with E-state index in [-0.39, 0.29) is 11.1 Å². The average Bonchev–Trinajstić information content (AvgIpc) is 2.87. The molecule has 0 fully saturated rings. The molecule has 2 heterocycles. The fourth-order valence-electron chi connectivity index (χ4n) is 2.17. The Morgan fingerprint density at radius 2 is 2.25 bits per heavy atom. The number of hydrogen-bond acceptors (Lipinski definition) is 2. The zero-order valence-electron chi connectivity index (χ0n) is 10.4. The summed E-state index contributed by atoms with van der Waals surface area (Å²) in [7, 11) is 0. The number of nitrogens with zero attached hydrogens (tertiary/aromatic N) is 2. The topological polar surface area (TPSA) is 45.2 Å². The van der Waals surface area contributed by atoms with Crippen LogP contribution < -0.4 is 10.2 Å². The summed E-state index contributed by atoms with van der Waals surface area (Å²) in [6.07, 6.45) is 2.43. The number of carbonyl (C=O) groups is 1. The fraction of sp³-hybridized carbons (Fsp3) is 0.143. The van der Waals surface area contributed by atoms with Crippen molar-refractivity contribution in [1.29, 1.82) is 0 Å². The molecule has 20 heavy (non-hydrogen) atoms. The van der Waals surface area contributed by atoms with Crippen molar-refractivity contribution in [2.75, 3.05) is 16.8 Å². The Hall–Kier alpha value is -2.14. The summed E-state index contributed by atoms with van der Waals surface area (Å²) in [5.41, 5.74) is 1.49. The van der Waals surface area contributed by atoms with Crippen LogP contribution in [0.2, 0.25) is 5.02 Å². The van der Waals surface area contributed by atoms with Crippen molar-refractivity contribution < 1.29 is 9.18 Å². The predicted octanol–water partition coefficient (Wildman–Crippen LogP) is 3.47. The standard InChI is InChI=1S/C14H11ClFN3O/c15-11-8-10(3-4-12(11)16)18-14(20)19-7-5-9-2-1-6-17-13(9)19/h1-4,6,8H,5,7H2,(H,18,20). The lowest BCUT2D eigenvalue weighted by atomic mass is 10.2. The van der Waals surface area contributed by atoms with Crippen LogP contribution in [0, 0.1) is 5.82 Å². The van der Waals surface area contributed by atoms with Gasteiger partial charge in [-0.2, -0.15) is 0 Å². The largest absolute Gasteiger partial charge is 0.327 e. The molecule has 0 unspecified atom stereocenters. The first-order valence-electron chi connectivity index (χ1n) is 6.12. The molecule has 0 atom stereocenters. The predicted molar refractivity (Wildman–Crippen MR) is 75.7 cm³/mol. The first kappa shape index (κ1) is 12.9. The second-order valence-corrected chi connectivity index (χ2v) is 4.85. The van der Waals surface area contributed by atoms with Crippen LogP contribution in [0.3, 0.4) is 0 Å². The molecule has 1 aromatic carbocycles. The van der Waals surface area contributed by atoms with Gasteiger partial charge < -0.3 is 5.32 Å². The van der Waals surface area contributed by atoms with Crippen molar-refractivity contribution in [3.05, 3.63) is 52.9 Å². The number of anilines is 2. The highest BCUT2D eigenvalue weighted by Crippen LogP contribution is 2.26. The second-order valence-electron chi connectivity index (χ2n) is 4.45. The molecule has 1 aromatic heterocycles. The van der Waals surface area contributed by atoms with Crippen molar-refractivity contribution in [2.24, 2.45) is 0 Å². The Kier molecular flexibility index (Phi) is 3.28. The smallest absolute Gasteiger partial charge is 0.307 e. The summed E-state index contributed by atoms with van der Waals surface area (Å²) in [5.74, 6) is 0.149. The molecule has 2 aromatic rings. The lowest BCUT2D eigenvalue weighted by Gasteiger charge is -2.17. The monoisotopic (exact) mass is 291 g/mol. The first-order chi connectivity index (χ1) is 9.65. The van der Waals surface area contributed by atoms with Crippen LogP contribution in [0.1, 0.15) is 5.56 Å². The summed E-state index contributed by atoms with van der Waals surface area (Å²) in [4.78, 5) is 18.0.